The molecule has 0 aromatic heterocycles. The lowest BCUT2D eigenvalue weighted by Gasteiger charge is -2.43. The Morgan fingerprint density at radius 3 is 2.47 bits per heavy atom. The van der Waals surface area contributed by atoms with Crippen molar-refractivity contribution in [2.75, 3.05) is 0 Å². The van der Waals surface area contributed by atoms with E-state index in [1.807, 2.05) is 6.08 Å². The number of carbonyl (C=O) groups is 1. The molecule has 0 aliphatic heterocycles. The van der Waals surface area contributed by atoms with Crippen molar-refractivity contribution in [1.82, 2.24) is 0 Å². The molecule has 0 aromatic rings. The zero-order valence-corrected chi connectivity index (χ0v) is 14.1. The lowest BCUT2D eigenvalue weighted by atomic mass is 9.81. The zero-order chi connectivity index (χ0) is 14.8. The molecule has 1 unspecified atom stereocenters. The van der Waals surface area contributed by atoms with Gasteiger partial charge in [-0.05, 0) is 36.4 Å². The summed E-state index contributed by atoms with van der Waals surface area (Å²) in [6.07, 6.45) is 5.41. The van der Waals surface area contributed by atoms with E-state index in [9.17, 15) is 4.79 Å². The van der Waals surface area contributed by atoms with Crippen LogP contribution in [0.3, 0.4) is 0 Å². The van der Waals surface area contributed by atoms with E-state index in [1.165, 1.54) is 0 Å². The van der Waals surface area contributed by atoms with E-state index in [2.05, 4.69) is 46.9 Å². The Morgan fingerprint density at radius 2 is 2.00 bits per heavy atom. The van der Waals surface area contributed by atoms with Crippen LogP contribution in [0.1, 0.15) is 40.5 Å². The molecule has 0 heterocycles. The molecule has 19 heavy (non-hydrogen) atoms. The second-order valence-corrected chi connectivity index (χ2v) is 12.0. The molecule has 0 spiro atoms. The van der Waals surface area contributed by atoms with Crippen molar-refractivity contribution in [2.45, 2.75) is 64.8 Å². The van der Waals surface area contributed by atoms with Crippen LogP contribution in [0, 0.1) is 11.8 Å². The molecule has 4 heteroatoms. The van der Waals surface area contributed by atoms with Crippen LogP contribution in [-0.2, 0) is 9.22 Å². The van der Waals surface area contributed by atoms with Crippen LogP contribution in [0.25, 0.3) is 0 Å². The van der Waals surface area contributed by atoms with Gasteiger partial charge in [-0.3, -0.25) is 4.79 Å². The van der Waals surface area contributed by atoms with Crippen molar-refractivity contribution >= 4 is 14.3 Å². The van der Waals surface area contributed by atoms with Crippen LogP contribution < -0.4 is 0 Å². The second kappa shape index (κ2) is 5.79. The van der Waals surface area contributed by atoms with Crippen LogP contribution in [0.15, 0.2) is 12.2 Å². The van der Waals surface area contributed by atoms with Crippen LogP contribution in [-0.4, -0.2) is 25.5 Å². The predicted octanol–water partition coefficient (Wildman–Crippen LogP) is 4.06. The molecule has 0 aromatic carbocycles. The first-order chi connectivity index (χ1) is 8.54. The smallest absolute Gasteiger partial charge is 0.303 e. The van der Waals surface area contributed by atoms with Gasteiger partial charge in [-0.25, -0.2) is 0 Å². The molecule has 1 aliphatic rings. The van der Waals surface area contributed by atoms with Gasteiger partial charge >= 0.3 is 5.97 Å². The fourth-order valence-corrected chi connectivity index (χ4v) is 3.64. The number of rotatable bonds is 4. The van der Waals surface area contributed by atoms with Gasteiger partial charge in [-0.15, -0.1) is 0 Å². The summed E-state index contributed by atoms with van der Waals surface area (Å²) in [7, 11) is -1.78. The third-order valence-electron chi connectivity index (χ3n) is 4.68. The topological polar surface area (TPSA) is 46.5 Å². The quantitative estimate of drug-likeness (QED) is 0.625. The van der Waals surface area contributed by atoms with Gasteiger partial charge in [0.15, 0.2) is 8.32 Å². The van der Waals surface area contributed by atoms with Crippen LogP contribution in [0.2, 0.25) is 18.1 Å². The largest absolute Gasteiger partial charge is 0.481 e. The summed E-state index contributed by atoms with van der Waals surface area (Å²) in [5.41, 5.74) is 0. The van der Waals surface area contributed by atoms with Crippen molar-refractivity contribution < 1.29 is 14.3 Å². The van der Waals surface area contributed by atoms with Gasteiger partial charge in [0.2, 0.25) is 0 Å². The summed E-state index contributed by atoms with van der Waals surface area (Å²) >= 11 is 0. The molecule has 0 fully saturated rings. The number of hydrogen-bond acceptors (Lipinski definition) is 2. The standard InChI is InChI=1S/C15H28O3Si/c1-11-12(10-14(16)17)8-7-9-13(11)18-19(5,6)15(2,3)4/h7-8,11-13H,9-10H2,1-6H3,(H,16,17)/t11-,12-,13?/m1/s1. The van der Waals surface area contributed by atoms with Gasteiger partial charge in [-0.2, -0.15) is 0 Å². The highest BCUT2D eigenvalue weighted by molar-refractivity contribution is 6.74. The molecule has 0 amide bonds. The third-order valence-corrected chi connectivity index (χ3v) is 9.18. The van der Waals surface area contributed by atoms with Gasteiger partial charge in [0.05, 0.1) is 12.5 Å². The molecule has 1 N–H and O–H groups in total. The summed E-state index contributed by atoms with van der Waals surface area (Å²) in [4.78, 5) is 10.9. The Balaban J connectivity index is 2.75. The van der Waals surface area contributed by atoms with Crippen molar-refractivity contribution in [1.29, 1.82) is 0 Å². The average molecular weight is 284 g/mol. The maximum absolute atomic E-state index is 10.9. The SMILES string of the molecule is C[C@H]1C(O[Si](C)(C)C(C)(C)C)CC=C[C@@H]1CC(=O)O. The molecule has 3 atom stereocenters. The van der Waals surface area contributed by atoms with Gasteiger partial charge in [0.1, 0.15) is 0 Å². The van der Waals surface area contributed by atoms with E-state index < -0.39 is 14.3 Å². The zero-order valence-electron chi connectivity index (χ0n) is 13.1. The number of carboxylic acid groups (broad SMARTS) is 1. The third kappa shape index (κ3) is 4.18. The maximum atomic E-state index is 10.9. The van der Waals surface area contributed by atoms with Crippen LogP contribution >= 0.6 is 0 Å². The molecule has 110 valence electrons. The summed E-state index contributed by atoms with van der Waals surface area (Å²) in [5.74, 6) is -0.356. The van der Waals surface area contributed by atoms with Gasteiger partial charge in [-0.1, -0.05) is 39.8 Å². The number of carboxylic acids is 1. The van der Waals surface area contributed by atoms with Gasteiger partial charge in [0, 0.05) is 0 Å². The van der Waals surface area contributed by atoms with E-state index in [4.69, 9.17) is 9.53 Å². The van der Waals surface area contributed by atoms with Crippen molar-refractivity contribution in [3.8, 4) is 0 Å². The lowest BCUT2D eigenvalue weighted by Crippen LogP contribution is -2.47. The molecule has 1 aliphatic carbocycles. The number of hydrogen-bond donors (Lipinski definition) is 1. The highest BCUT2D eigenvalue weighted by Gasteiger charge is 2.41. The molecule has 0 saturated carbocycles. The van der Waals surface area contributed by atoms with E-state index in [1.54, 1.807) is 0 Å². The van der Waals surface area contributed by atoms with E-state index in [-0.39, 0.29) is 29.4 Å². The Kier molecular flexibility index (Phi) is 5.01. The Morgan fingerprint density at radius 1 is 1.42 bits per heavy atom. The van der Waals surface area contributed by atoms with Crippen LogP contribution in [0.5, 0.6) is 0 Å². The first-order valence-electron chi connectivity index (χ1n) is 7.11. The summed E-state index contributed by atoms with van der Waals surface area (Å²) in [6, 6.07) is 0. The average Bonchev–Trinajstić information content (AvgIpc) is 2.21. The van der Waals surface area contributed by atoms with Gasteiger partial charge < -0.3 is 9.53 Å². The Labute approximate surface area is 118 Å². The monoisotopic (exact) mass is 284 g/mol. The fraction of sp³-hybridized carbons (Fsp3) is 0.800. The Bertz CT molecular complexity index is 355. The molecular weight excluding hydrogens is 256 g/mol. The second-order valence-electron chi connectivity index (χ2n) is 7.20. The molecule has 1 rings (SSSR count). The van der Waals surface area contributed by atoms with Crippen molar-refractivity contribution in [3.05, 3.63) is 12.2 Å². The molecule has 0 bridgehead atoms. The van der Waals surface area contributed by atoms with E-state index in [0.717, 1.165) is 6.42 Å². The van der Waals surface area contributed by atoms with E-state index >= 15 is 0 Å². The summed E-state index contributed by atoms with van der Waals surface area (Å²) in [6.45, 7) is 13.3. The molecule has 3 nitrogen and oxygen atoms in total. The van der Waals surface area contributed by atoms with E-state index in [0.29, 0.717) is 0 Å². The first kappa shape index (κ1) is 16.4. The maximum Gasteiger partial charge on any atom is 0.303 e. The highest BCUT2D eigenvalue weighted by atomic mass is 28.4. The van der Waals surface area contributed by atoms with Crippen molar-refractivity contribution in [3.63, 3.8) is 0 Å². The number of aliphatic carboxylic acids is 1. The van der Waals surface area contributed by atoms with Gasteiger partial charge in [0.25, 0.3) is 0 Å². The summed E-state index contributed by atoms with van der Waals surface area (Å²) in [5, 5.41) is 9.16. The summed E-state index contributed by atoms with van der Waals surface area (Å²) < 4.78 is 6.46. The lowest BCUT2D eigenvalue weighted by molar-refractivity contribution is -0.138. The fourth-order valence-electron chi connectivity index (χ4n) is 2.22. The van der Waals surface area contributed by atoms with Crippen LogP contribution in [0.4, 0.5) is 0 Å². The highest BCUT2D eigenvalue weighted by Crippen LogP contribution is 2.40. The minimum absolute atomic E-state index is 0.0982. The predicted molar refractivity (Wildman–Crippen MR) is 80.7 cm³/mol. The normalized spacial score (nSPS) is 28.4. The van der Waals surface area contributed by atoms with Crippen molar-refractivity contribution in [2.24, 2.45) is 11.8 Å². The number of allylic oxidation sites excluding steroid dienone is 1. The minimum atomic E-state index is -1.78. The molecular formula is C15H28O3Si. The molecule has 0 radical (unpaired) electrons. The minimum Gasteiger partial charge on any atom is -0.481 e. The Hall–Kier alpha value is -0.613. The first-order valence-corrected chi connectivity index (χ1v) is 10.0. The molecule has 0 saturated heterocycles.